The molecule has 1 heterocycles. The number of rotatable bonds is 3. The van der Waals surface area contributed by atoms with Crippen molar-refractivity contribution in [3.05, 3.63) is 41.1 Å². The minimum absolute atomic E-state index is 0.581. The lowest BCUT2D eigenvalue weighted by molar-refractivity contribution is 0.460. The van der Waals surface area contributed by atoms with Gasteiger partial charge in [0.15, 0.2) is 0 Å². The van der Waals surface area contributed by atoms with Crippen LogP contribution in [0.3, 0.4) is 0 Å². The molecule has 1 aliphatic rings. The minimum atomic E-state index is 0.581. The van der Waals surface area contributed by atoms with Gasteiger partial charge in [-0.3, -0.25) is 0 Å². The maximum Gasteiger partial charge on any atom is 0.225 e. The van der Waals surface area contributed by atoms with Crippen LogP contribution in [-0.4, -0.2) is 17.0 Å². The molecule has 0 bridgehead atoms. The van der Waals surface area contributed by atoms with Gasteiger partial charge in [0, 0.05) is 18.8 Å². The van der Waals surface area contributed by atoms with E-state index < -0.39 is 0 Å². The Balaban J connectivity index is 1.85. The predicted molar refractivity (Wildman–Crippen MR) is 79.5 cm³/mol. The number of hydrogen-bond donors (Lipinski definition) is 1. The summed E-state index contributed by atoms with van der Waals surface area (Å²) in [4.78, 5) is 8.58. The van der Waals surface area contributed by atoms with Crippen molar-refractivity contribution in [2.75, 3.05) is 12.4 Å². The molecular formula is C16H19N3O. The molecule has 0 saturated heterocycles. The lowest BCUT2D eigenvalue weighted by Crippen LogP contribution is -2.03. The van der Waals surface area contributed by atoms with Gasteiger partial charge in [0.2, 0.25) is 11.8 Å². The molecule has 0 unspecified atom stereocenters. The quantitative estimate of drug-likeness (QED) is 0.926. The second-order valence-corrected chi connectivity index (χ2v) is 5.16. The van der Waals surface area contributed by atoms with Crippen molar-refractivity contribution in [3.8, 4) is 11.6 Å². The standard InChI is InChI=1S/C16H19N3O/c1-11-9-15(19-16(17-2)18-11)20-14-8-7-12-5-3-4-6-13(12)10-14/h7-10H,3-6H2,1-2H3,(H,17,18,19). The first-order valence-corrected chi connectivity index (χ1v) is 7.08. The lowest BCUT2D eigenvalue weighted by atomic mass is 9.92. The molecule has 1 N–H and O–H groups in total. The predicted octanol–water partition coefficient (Wildman–Crippen LogP) is 3.50. The molecule has 20 heavy (non-hydrogen) atoms. The molecule has 0 spiro atoms. The Kier molecular flexibility index (Phi) is 3.54. The van der Waals surface area contributed by atoms with Gasteiger partial charge in [-0.1, -0.05) is 6.07 Å². The molecule has 0 amide bonds. The number of aryl methyl sites for hydroxylation is 3. The third-order valence-corrected chi connectivity index (χ3v) is 3.60. The van der Waals surface area contributed by atoms with E-state index in [1.807, 2.05) is 19.1 Å². The highest BCUT2D eigenvalue weighted by molar-refractivity contribution is 5.39. The monoisotopic (exact) mass is 269 g/mol. The van der Waals surface area contributed by atoms with Crippen LogP contribution in [0.25, 0.3) is 0 Å². The van der Waals surface area contributed by atoms with Crippen molar-refractivity contribution in [1.82, 2.24) is 9.97 Å². The lowest BCUT2D eigenvalue weighted by Gasteiger charge is -2.16. The fourth-order valence-corrected chi connectivity index (χ4v) is 2.60. The van der Waals surface area contributed by atoms with Crippen LogP contribution in [0.15, 0.2) is 24.3 Å². The molecule has 3 rings (SSSR count). The number of nitrogens with one attached hydrogen (secondary N) is 1. The maximum atomic E-state index is 5.88. The SMILES string of the molecule is CNc1nc(C)cc(Oc2ccc3c(c2)CCCC3)n1. The number of benzene rings is 1. The van der Waals surface area contributed by atoms with Crippen molar-refractivity contribution >= 4 is 5.95 Å². The summed E-state index contributed by atoms with van der Waals surface area (Å²) < 4.78 is 5.88. The Bertz CT molecular complexity index is 625. The minimum Gasteiger partial charge on any atom is -0.439 e. The van der Waals surface area contributed by atoms with E-state index in [0.29, 0.717) is 11.8 Å². The maximum absolute atomic E-state index is 5.88. The van der Waals surface area contributed by atoms with Gasteiger partial charge in [0.05, 0.1) is 0 Å². The van der Waals surface area contributed by atoms with Crippen molar-refractivity contribution < 1.29 is 4.74 Å². The molecule has 4 nitrogen and oxygen atoms in total. The number of anilines is 1. The molecule has 1 aliphatic carbocycles. The van der Waals surface area contributed by atoms with Gasteiger partial charge in [-0.25, -0.2) is 4.98 Å². The van der Waals surface area contributed by atoms with Crippen LogP contribution in [0, 0.1) is 6.92 Å². The van der Waals surface area contributed by atoms with Crippen molar-refractivity contribution in [2.45, 2.75) is 32.6 Å². The molecule has 0 radical (unpaired) electrons. The average Bonchev–Trinajstić information content (AvgIpc) is 2.46. The van der Waals surface area contributed by atoms with Crippen LogP contribution in [0.1, 0.15) is 29.7 Å². The first-order valence-electron chi connectivity index (χ1n) is 7.08. The molecule has 0 saturated carbocycles. The number of nitrogens with zero attached hydrogens (tertiary/aromatic N) is 2. The number of aromatic nitrogens is 2. The zero-order chi connectivity index (χ0) is 13.9. The normalized spacial score (nSPS) is 13.7. The molecule has 1 aromatic heterocycles. The van der Waals surface area contributed by atoms with E-state index in [-0.39, 0.29) is 0 Å². The average molecular weight is 269 g/mol. The van der Waals surface area contributed by atoms with E-state index in [4.69, 9.17) is 4.74 Å². The van der Waals surface area contributed by atoms with Crippen molar-refractivity contribution in [1.29, 1.82) is 0 Å². The van der Waals surface area contributed by atoms with E-state index in [2.05, 4.69) is 27.4 Å². The number of hydrogen-bond acceptors (Lipinski definition) is 4. The Labute approximate surface area is 119 Å². The van der Waals surface area contributed by atoms with Crippen molar-refractivity contribution in [3.63, 3.8) is 0 Å². The Morgan fingerprint density at radius 2 is 1.85 bits per heavy atom. The molecule has 0 atom stereocenters. The summed E-state index contributed by atoms with van der Waals surface area (Å²) in [5.41, 5.74) is 3.75. The van der Waals surface area contributed by atoms with E-state index in [9.17, 15) is 0 Å². The zero-order valence-corrected chi connectivity index (χ0v) is 11.9. The van der Waals surface area contributed by atoms with Crippen LogP contribution in [0.4, 0.5) is 5.95 Å². The van der Waals surface area contributed by atoms with Crippen LogP contribution in [-0.2, 0) is 12.8 Å². The molecule has 104 valence electrons. The smallest absolute Gasteiger partial charge is 0.225 e. The molecule has 4 heteroatoms. The Morgan fingerprint density at radius 1 is 1.05 bits per heavy atom. The number of fused-ring (bicyclic) bond motifs is 1. The second-order valence-electron chi connectivity index (χ2n) is 5.16. The summed E-state index contributed by atoms with van der Waals surface area (Å²) in [6.45, 7) is 1.93. The summed E-state index contributed by atoms with van der Waals surface area (Å²) in [6.07, 6.45) is 4.90. The summed E-state index contributed by atoms with van der Waals surface area (Å²) in [6, 6.07) is 8.20. The largest absolute Gasteiger partial charge is 0.439 e. The molecule has 0 aliphatic heterocycles. The summed E-state index contributed by atoms with van der Waals surface area (Å²) >= 11 is 0. The third kappa shape index (κ3) is 2.74. The Hall–Kier alpha value is -2.10. The topological polar surface area (TPSA) is 47.0 Å². The molecule has 1 aromatic carbocycles. The fraction of sp³-hybridized carbons (Fsp3) is 0.375. The second kappa shape index (κ2) is 5.49. The van der Waals surface area contributed by atoms with Crippen LogP contribution in [0.2, 0.25) is 0 Å². The van der Waals surface area contributed by atoms with Gasteiger partial charge >= 0.3 is 0 Å². The summed E-state index contributed by atoms with van der Waals surface area (Å²) in [5, 5.41) is 2.94. The van der Waals surface area contributed by atoms with E-state index in [1.165, 1.54) is 30.4 Å². The highest BCUT2D eigenvalue weighted by Gasteiger charge is 2.11. The van der Waals surface area contributed by atoms with Crippen LogP contribution in [0.5, 0.6) is 11.6 Å². The molecule has 2 aromatic rings. The molecule has 0 fully saturated rings. The zero-order valence-electron chi connectivity index (χ0n) is 11.9. The first-order chi connectivity index (χ1) is 9.74. The fourth-order valence-electron chi connectivity index (χ4n) is 2.60. The van der Waals surface area contributed by atoms with Gasteiger partial charge in [-0.2, -0.15) is 4.98 Å². The first kappa shape index (κ1) is 12.9. The van der Waals surface area contributed by atoms with E-state index in [1.54, 1.807) is 7.05 Å². The Morgan fingerprint density at radius 3 is 2.65 bits per heavy atom. The van der Waals surface area contributed by atoms with Gasteiger partial charge in [0.1, 0.15) is 5.75 Å². The highest BCUT2D eigenvalue weighted by Crippen LogP contribution is 2.28. The number of ether oxygens (including phenoxy) is 1. The van der Waals surface area contributed by atoms with Gasteiger partial charge in [0.25, 0.3) is 0 Å². The highest BCUT2D eigenvalue weighted by atomic mass is 16.5. The van der Waals surface area contributed by atoms with E-state index >= 15 is 0 Å². The van der Waals surface area contributed by atoms with Gasteiger partial charge in [-0.15, -0.1) is 0 Å². The summed E-state index contributed by atoms with van der Waals surface area (Å²) in [5.74, 6) is 2.02. The van der Waals surface area contributed by atoms with E-state index in [0.717, 1.165) is 17.9 Å². The summed E-state index contributed by atoms with van der Waals surface area (Å²) in [7, 11) is 1.80. The van der Waals surface area contributed by atoms with Crippen LogP contribution >= 0.6 is 0 Å². The van der Waals surface area contributed by atoms with Gasteiger partial charge < -0.3 is 10.1 Å². The van der Waals surface area contributed by atoms with Gasteiger partial charge in [-0.05, 0) is 55.9 Å². The van der Waals surface area contributed by atoms with Crippen LogP contribution < -0.4 is 10.1 Å². The third-order valence-electron chi connectivity index (χ3n) is 3.60. The van der Waals surface area contributed by atoms with Crippen molar-refractivity contribution in [2.24, 2.45) is 0 Å². The molecular weight excluding hydrogens is 250 g/mol.